The highest BCUT2D eigenvalue weighted by Crippen LogP contribution is 2.29. The van der Waals surface area contributed by atoms with Crippen LogP contribution in [0.15, 0.2) is 53.9 Å². The van der Waals surface area contributed by atoms with Crippen LogP contribution < -0.4 is 9.62 Å². The van der Waals surface area contributed by atoms with E-state index in [0.717, 1.165) is 10.8 Å². The monoisotopic (exact) mass is 428 g/mol. The minimum absolute atomic E-state index is 0.0595. The van der Waals surface area contributed by atoms with Crippen LogP contribution in [0.1, 0.15) is 6.92 Å². The maximum absolute atomic E-state index is 12.7. The predicted molar refractivity (Wildman–Crippen MR) is 111 cm³/mol. The molecule has 1 aliphatic rings. The van der Waals surface area contributed by atoms with Crippen molar-refractivity contribution in [2.45, 2.75) is 17.9 Å². The van der Waals surface area contributed by atoms with Gasteiger partial charge in [0.15, 0.2) is 0 Å². The van der Waals surface area contributed by atoms with E-state index in [1.54, 1.807) is 24.4 Å². The number of benzene rings is 1. The van der Waals surface area contributed by atoms with Crippen molar-refractivity contribution in [2.75, 3.05) is 29.3 Å². The fourth-order valence-electron chi connectivity index (χ4n) is 3.53. The van der Waals surface area contributed by atoms with Gasteiger partial charge in [-0.05, 0) is 42.6 Å². The molecule has 0 bridgehead atoms. The summed E-state index contributed by atoms with van der Waals surface area (Å²) >= 11 is 0. The third-order valence-corrected chi connectivity index (χ3v) is 6.37. The molecule has 1 atom stereocenters. The van der Waals surface area contributed by atoms with Crippen molar-refractivity contribution in [2.24, 2.45) is 0 Å². The summed E-state index contributed by atoms with van der Waals surface area (Å²) in [7, 11) is -3.82. The van der Waals surface area contributed by atoms with Gasteiger partial charge in [0.25, 0.3) is 10.0 Å². The van der Waals surface area contributed by atoms with Crippen LogP contribution >= 0.6 is 0 Å². The summed E-state index contributed by atoms with van der Waals surface area (Å²) in [4.78, 5) is 26.9. The van der Waals surface area contributed by atoms with Crippen molar-refractivity contribution in [1.82, 2.24) is 19.9 Å². The minimum atomic E-state index is -3.82. The van der Waals surface area contributed by atoms with Gasteiger partial charge in [0.05, 0.1) is 4.90 Å². The van der Waals surface area contributed by atoms with E-state index in [1.165, 1.54) is 29.6 Å². The highest BCUT2D eigenvalue weighted by atomic mass is 32.2. The quantitative estimate of drug-likeness (QED) is 0.646. The standard InChI is InChI=1S/C19H20N6O4S/c1-13-11-24(19(26)27)8-9-25(13)18-16-3-2-15(10-14(16)4-7-21-18)30(28,29)23-17-5-6-20-12-22-17/h2-7,10,12-13H,8-9,11H2,1H3,(H,26,27)(H,20,22,23). The number of aromatic nitrogens is 3. The number of pyridine rings is 1. The summed E-state index contributed by atoms with van der Waals surface area (Å²) in [5.41, 5.74) is 0. The molecule has 3 aromatic rings. The third-order valence-electron chi connectivity index (χ3n) is 5.02. The summed E-state index contributed by atoms with van der Waals surface area (Å²) in [5, 5.41) is 10.7. The number of piperazine rings is 1. The molecule has 0 spiro atoms. The molecule has 30 heavy (non-hydrogen) atoms. The number of amides is 1. The molecule has 11 heteroatoms. The van der Waals surface area contributed by atoms with Crippen LogP contribution in [0.25, 0.3) is 10.8 Å². The van der Waals surface area contributed by atoms with Gasteiger partial charge in [-0.25, -0.2) is 28.2 Å². The summed E-state index contributed by atoms with van der Waals surface area (Å²) in [6.45, 7) is 3.21. The molecule has 1 aromatic carbocycles. The number of carbonyl (C=O) groups is 1. The number of hydrogen-bond acceptors (Lipinski definition) is 7. The Bertz CT molecular complexity index is 1190. The molecule has 3 heterocycles. The Morgan fingerprint density at radius 2 is 2.00 bits per heavy atom. The van der Waals surface area contributed by atoms with E-state index in [2.05, 4.69) is 24.6 Å². The first-order valence-corrected chi connectivity index (χ1v) is 10.8. The van der Waals surface area contributed by atoms with Gasteiger partial charge in [0.1, 0.15) is 18.0 Å². The van der Waals surface area contributed by atoms with Crippen LogP contribution in [0.2, 0.25) is 0 Å². The van der Waals surface area contributed by atoms with Gasteiger partial charge in [-0.15, -0.1) is 0 Å². The van der Waals surface area contributed by atoms with Crippen molar-refractivity contribution in [3.63, 3.8) is 0 Å². The molecular weight excluding hydrogens is 408 g/mol. The molecule has 1 saturated heterocycles. The highest BCUT2D eigenvalue weighted by molar-refractivity contribution is 7.92. The fraction of sp³-hybridized carbons (Fsp3) is 0.263. The molecule has 2 N–H and O–H groups in total. The average molecular weight is 428 g/mol. The zero-order chi connectivity index (χ0) is 21.3. The van der Waals surface area contributed by atoms with Crippen molar-refractivity contribution in [3.05, 3.63) is 49.1 Å². The summed E-state index contributed by atoms with van der Waals surface area (Å²) < 4.78 is 27.9. The van der Waals surface area contributed by atoms with Crippen LogP contribution in [0.5, 0.6) is 0 Å². The Labute approximate surface area is 173 Å². The van der Waals surface area contributed by atoms with Gasteiger partial charge >= 0.3 is 6.09 Å². The van der Waals surface area contributed by atoms with Gasteiger partial charge in [0, 0.05) is 43.5 Å². The van der Waals surface area contributed by atoms with Crippen LogP contribution in [-0.2, 0) is 10.0 Å². The number of anilines is 2. The Morgan fingerprint density at radius 1 is 1.17 bits per heavy atom. The first-order valence-electron chi connectivity index (χ1n) is 9.27. The third kappa shape index (κ3) is 3.83. The maximum atomic E-state index is 12.7. The molecule has 1 aliphatic heterocycles. The normalized spacial score (nSPS) is 17.2. The maximum Gasteiger partial charge on any atom is 0.407 e. The molecule has 0 radical (unpaired) electrons. The Morgan fingerprint density at radius 3 is 2.70 bits per heavy atom. The van der Waals surface area contributed by atoms with Gasteiger partial charge in [-0.1, -0.05) is 0 Å². The van der Waals surface area contributed by atoms with E-state index in [-0.39, 0.29) is 16.8 Å². The number of hydrogen-bond donors (Lipinski definition) is 2. The van der Waals surface area contributed by atoms with E-state index >= 15 is 0 Å². The lowest BCUT2D eigenvalue weighted by atomic mass is 10.1. The van der Waals surface area contributed by atoms with Crippen molar-refractivity contribution in [1.29, 1.82) is 0 Å². The zero-order valence-corrected chi connectivity index (χ0v) is 17.0. The van der Waals surface area contributed by atoms with E-state index < -0.39 is 16.1 Å². The topological polar surface area (TPSA) is 129 Å². The molecule has 10 nitrogen and oxygen atoms in total. The second-order valence-electron chi connectivity index (χ2n) is 6.99. The summed E-state index contributed by atoms with van der Waals surface area (Å²) in [6, 6.07) is 8.00. The number of fused-ring (bicyclic) bond motifs is 1. The van der Waals surface area contributed by atoms with Crippen LogP contribution in [-0.4, -0.2) is 65.1 Å². The second-order valence-corrected chi connectivity index (χ2v) is 8.67. The number of carboxylic acid groups (broad SMARTS) is 1. The smallest absolute Gasteiger partial charge is 0.407 e. The highest BCUT2D eigenvalue weighted by Gasteiger charge is 2.28. The molecule has 0 saturated carbocycles. The van der Waals surface area contributed by atoms with E-state index in [1.807, 2.05) is 6.92 Å². The lowest BCUT2D eigenvalue weighted by molar-refractivity contribution is 0.136. The lowest BCUT2D eigenvalue weighted by Gasteiger charge is -2.39. The molecule has 1 amide bonds. The Balaban J connectivity index is 1.65. The lowest BCUT2D eigenvalue weighted by Crippen LogP contribution is -2.53. The number of nitrogens with zero attached hydrogens (tertiary/aromatic N) is 5. The van der Waals surface area contributed by atoms with Gasteiger partial charge in [0.2, 0.25) is 0 Å². The zero-order valence-electron chi connectivity index (χ0n) is 16.1. The molecule has 1 fully saturated rings. The average Bonchev–Trinajstić information content (AvgIpc) is 2.73. The van der Waals surface area contributed by atoms with E-state index in [4.69, 9.17) is 0 Å². The molecule has 156 valence electrons. The predicted octanol–water partition coefficient (Wildman–Crippen LogP) is 2.01. The molecule has 1 unspecified atom stereocenters. The number of rotatable bonds is 4. The van der Waals surface area contributed by atoms with Gasteiger partial charge < -0.3 is 14.9 Å². The van der Waals surface area contributed by atoms with Gasteiger partial charge in [-0.3, -0.25) is 4.72 Å². The van der Waals surface area contributed by atoms with Crippen LogP contribution in [0, 0.1) is 0 Å². The van der Waals surface area contributed by atoms with Crippen molar-refractivity contribution < 1.29 is 18.3 Å². The Kier molecular flexibility index (Phi) is 5.12. The minimum Gasteiger partial charge on any atom is -0.465 e. The largest absolute Gasteiger partial charge is 0.465 e. The first kappa shape index (κ1) is 19.8. The fourth-order valence-corrected chi connectivity index (χ4v) is 4.57. The van der Waals surface area contributed by atoms with E-state index in [0.29, 0.717) is 25.5 Å². The molecule has 2 aromatic heterocycles. The first-order chi connectivity index (χ1) is 14.3. The number of nitrogens with one attached hydrogen (secondary N) is 1. The molecule has 0 aliphatic carbocycles. The van der Waals surface area contributed by atoms with E-state index in [9.17, 15) is 18.3 Å². The molecular formula is C19H20N6O4S. The van der Waals surface area contributed by atoms with Crippen LogP contribution in [0.4, 0.5) is 16.4 Å². The van der Waals surface area contributed by atoms with Crippen molar-refractivity contribution >= 4 is 38.5 Å². The summed E-state index contributed by atoms with van der Waals surface area (Å²) in [5.74, 6) is 0.892. The van der Waals surface area contributed by atoms with Crippen LogP contribution in [0.3, 0.4) is 0 Å². The van der Waals surface area contributed by atoms with Crippen molar-refractivity contribution in [3.8, 4) is 0 Å². The second kappa shape index (κ2) is 7.75. The SMILES string of the molecule is CC1CN(C(=O)O)CCN1c1nccc2cc(S(=O)(=O)Nc3ccncn3)ccc12. The molecule has 4 rings (SSSR count). The Hall–Kier alpha value is -3.47. The summed E-state index contributed by atoms with van der Waals surface area (Å²) in [6.07, 6.45) is 3.41. The number of sulfonamides is 1. The van der Waals surface area contributed by atoms with Gasteiger partial charge in [-0.2, -0.15) is 0 Å².